The number of nitrogens with zero attached hydrogens (tertiary/aromatic N) is 1. The summed E-state index contributed by atoms with van der Waals surface area (Å²) in [6, 6.07) is 8.71. The van der Waals surface area contributed by atoms with Crippen LogP contribution in [0.25, 0.3) is 10.9 Å². The lowest BCUT2D eigenvalue weighted by atomic mass is 10.0. The maximum Gasteiger partial charge on any atom is 0.0726 e. The van der Waals surface area contributed by atoms with Gasteiger partial charge in [0.05, 0.1) is 5.52 Å². The van der Waals surface area contributed by atoms with E-state index in [1.807, 2.05) is 7.05 Å². The SMILES string of the molecule is CNc1cc(C2CCCC2)nc2ccc(I)cc12. The molecule has 0 atom stereocenters. The molecular weight excluding hydrogens is 335 g/mol. The van der Waals surface area contributed by atoms with Crippen molar-refractivity contribution in [2.45, 2.75) is 31.6 Å². The summed E-state index contributed by atoms with van der Waals surface area (Å²) in [6.45, 7) is 0. The van der Waals surface area contributed by atoms with Crippen molar-refractivity contribution in [3.63, 3.8) is 0 Å². The predicted octanol–water partition coefficient (Wildman–Crippen LogP) is 4.54. The lowest BCUT2D eigenvalue weighted by molar-refractivity contribution is 0.701. The molecule has 0 amide bonds. The third kappa shape index (κ3) is 2.20. The molecule has 1 aliphatic carbocycles. The van der Waals surface area contributed by atoms with Gasteiger partial charge in [0.2, 0.25) is 0 Å². The Balaban J connectivity index is 2.15. The normalized spacial score (nSPS) is 16.3. The molecule has 1 saturated carbocycles. The summed E-state index contributed by atoms with van der Waals surface area (Å²) in [7, 11) is 1.99. The smallest absolute Gasteiger partial charge is 0.0726 e. The summed E-state index contributed by atoms with van der Waals surface area (Å²) >= 11 is 2.35. The van der Waals surface area contributed by atoms with Gasteiger partial charge in [-0.2, -0.15) is 0 Å². The monoisotopic (exact) mass is 352 g/mol. The highest BCUT2D eigenvalue weighted by atomic mass is 127. The quantitative estimate of drug-likeness (QED) is 0.803. The zero-order valence-electron chi connectivity index (χ0n) is 10.5. The van der Waals surface area contributed by atoms with Crippen molar-refractivity contribution < 1.29 is 0 Å². The van der Waals surface area contributed by atoms with Gasteiger partial charge in [-0.15, -0.1) is 0 Å². The lowest BCUT2D eigenvalue weighted by Crippen LogP contribution is -2.00. The highest BCUT2D eigenvalue weighted by Crippen LogP contribution is 2.36. The number of aromatic nitrogens is 1. The highest BCUT2D eigenvalue weighted by Gasteiger charge is 2.19. The first-order valence-electron chi connectivity index (χ1n) is 6.56. The van der Waals surface area contributed by atoms with Crippen molar-refractivity contribution in [2.24, 2.45) is 0 Å². The molecule has 1 heterocycles. The predicted molar refractivity (Wildman–Crippen MR) is 85.2 cm³/mol. The molecule has 2 aromatic rings. The number of pyridine rings is 1. The minimum atomic E-state index is 0.667. The Hall–Kier alpha value is -0.840. The maximum absolute atomic E-state index is 4.86. The van der Waals surface area contributed by atoms with Crippen molar-refractivity contribution in [1.82, 2.24) is 4.98 Å². The van der Waals surface area contributed by atoms with Crippen molar-refractivity contribution in [1.29, 1.82) is 0 Å². The minimum Gasteiger partial charge on any atom is -0.388 e. The standard InChI is InChI=1S/C15H17IN2/c1-17-15-9-14(10-4-2-3-5-10)18-13-7-6-11(16)8-12(13)15/h6-10H,2-5H2,1H3,(H,17,18). The molecule has 1 fully saturated rings. The Morgan fingerprint density at radius 2 is 2.00 bits per heavy atom. The molecule has 0 unspecified atom stereocenters. The van der Waals surface area contributed by atoms with Crippen LogP contribution in [-0.4, -0.2) is 12.0 Å². The molecule has 3 rings (SSSR count). The molecule has 1 aromatic heterocycles. The van der Waals surface area contributed by atoms with Crippen molar-refractivity contribution in [2.75, 3.05) is 12.4 Å². The van der Waals surface area contributed by atoms with E-state index in [1.165, 1.54) is 46.0 Å². The van der Waals surface area contributed by atoms with Crippen LogP contribution in [0.3, 0.4) is 0 Å². The van der Waals surface area contributed by atoms with E-state index >= 15 is 0 Å². The number of halogens is 1. The molecule has 1 aliphatic rings. The highest BCUT2D eigenvalue weighted by molar-refractivity contribution is 14.1. The molecule has 1 aromatic carbocycles. The van der Waals surface area contributed by atoms with Crippen LogP contribution in [0.2, 0.25) is 0 Å². The molecule has 0 bridgehead atoms. The summed E-state index contributed by atoms with van der Waals surface area (Å²) in [6.07, 6.45) is 5.30. The van der Waals surface area contributed by atoms with Gasteiger partial charge in [-0.05, 0) is 59.7 Å². The third-order valence-electron chi connectivity index (χ3n) is 3.83. The third-order valence-corrected chi connectivity index (χ3v) is 4.50. The molecule has 0 radical (unpaired) electrons. The number of hydrogen-bond donors (Lipinski definition) is 1. The summed E-state index contributed by atoms with van der Waals surface area (Å²) in [4.78, 5) is 4.86. The van der Waals surface area contributed by atoms with E-state index in [0.717, 1.165) is 5.52 Å². The van der Waals surface area contributed by atoms with Gasteiger partial charge in [0.1, 0.15) is 0 Å². The second-order valence-corrected chi connectivity index (χ2v) is 6.23. The van der Waals surface area contributed by atoms with E-state index in [4.69, 9.17) is 4.98 Å². The molecule has 94 valence electrons. The van der Waals surface area contributed by atoms with Crippen LogP contribution in [0.5, 0.6) is 0 Å². The van der Waals surface area contributed by atoms with Crippen LogP contribution >= 0.6 is 22.6 Å². The number of fused-ring (bicyclic) bond motifs is 1. The topological polar surface area (TPSA) is 24.9 Å². The van der Waals surface area contributed by atoms with Crippen LogP contribution in [0.15, 0.2) is 24.3 Å². The second kappa shape index (κ2) is 5.03. The van der Waals surface area contributed by atoms with Crippen molar-refractivity contribution in [3.8, 4) is 0 Å². The molecule has 0 spiro atoms. The van der Waals surface area contributed by atoms with Gasteiger partial charge in [0.25, 0.3) is 0 Å². The van der Waals surface area contributed by atoms with Gasteiger partial charge in [-0.25, -0.2) is 0 Å². The fourth-order valence-electron chi connectivity index (χ4n) is 2.86. The number of hydrogen-bond acceptors (Lipinski definition) is 2. The van der Waals surface area contributed by atoms with E-state index < -0.39 is 0 Å². The molecule has 0 saturated heterocycles. The van der Waals surface area contributed by atoms with E-state index in [0.29, 0.717) is 5.92 Å². The number of rotatable bonds is 2. The van der Waals surface area contributed by atoms with Crippen molar-refractivity contribution >= 4 is 39.2 Å². The number of nitrogens with one attached hydrogen (secondary N) is 1. The summed E-state index contributed by atoms with van der Waals surface area (Å²) < 4.78 is 1.26. The Morgan fingerprint density at radius 3 is 2.72 bits per heavy atom. The molecule has 0 aliphatic heterocycles. The zero-order chi connectivity index (χ0) is 12.5. The van der Waals surface area contributed by atoms with Crippen LogP contribution < -0.4 is 5.32 Å². The van der Waals surface area contributed by atoms with E-state index in [-0.39, 0.29) is 0 Å². The van der Waals surface area contributed by atoms with Crippen LogP contribution in [0, 0.1) is 3.57 Å². The minimum absolute atomic E-state index is 0.667. The van der Waals surface area contributed by atoms with E-state index in [2.05, 4.69) is 52.2 Å². The Labute approximate surface area is 121 Å². The summed E-state index contributed by atoms with van der Waals surface area (Å²) in [5, 5.41) is 4.55. The lowest BCUT2D eigenvalue weighted by Gasteiger charge is -2.13. The second-order valence-electron chi connectivity index (χ2n) is 4.99. The first-order chi connectivity index (χ1) is 8.78. The van der Waals surface area contributed by atoms with Crippen LogP contribution in [0.4, 0.5) is 5.69 Å². The Morgan fingerprint density at radius 1 is 1.22 bits per heavy atom. The molecule has 18 heavy (non-hydrogen) atoms. The average Bonchev–Trinajstić information content (AvgIpc) is 2.91. The van der Waals surface area contributed by atoms with E-state index in [1.54, 1.807) is 0 Å². The van der Waals surface area contributed by atoms with Gasteiger partial charge in [0.15, 0.2) is 0 Å². The largest absolute Gasteiger partial charge is 0.388 e. The van der Waals surface area contributed by atoms with Gasteiger partial charge in [0, 0.05) is 33.3 Å². The van der Waals surface area contributed by atoms with Gasteiger partial charge in [-0.1, -0.05) is 12.8 Å². The Bertz CT molecular complexity index is 574. The fourth-order valence-corrected chi connectivity index (χ4v) is 3.35. The van der Waals surface area contributed by atoms with Gasteiger partial charge in [-0.3, -0.25) is 4.98 Å². The molecule has 2 nitrogen and oxygen atoms in total. The van der Waals surface area contributed by atoms with Crippen LogP contribution in [0.1, 0.15) is 37.3 Å². The first-order valence-corrected chi connectivity index (χ1v) is 7.64. The number of benzene rings is 1. The van der Waals surface area contributed by atoms with Crippen molar-refractivity contribution in [3.05, 3.63) is 33.5 Å². The van der Waals surface area contributed by atoms with Gasteiger partial charge >= 0.3 is 0 Å². The summed E-state index contributed by atoms with van der Waals surface area (Å²) in [5.74, 6) is 0.667. The molecular formula is C15H17IN2. The van der Waals surface area contributed by atoms with E-state index in [9.17, 15) is 0 Å². The zero-order valence-corrected chi connectivity index (χ0v) is 12.7. The summed E-state index contributed by atoms with van der Waals surface area (Å²) in [5.41, 5.74) is 3.59. The average molecular weight is 352 g/mol. The first kappa shape index (κ1) is 12.2. The van der Waals surface area contributed by atoms with Gasteiger partial charge < -0.3 is 5.32 Å². The Kier molecular flexibility index (Phi) is 3.41. The molecule has 1 N–H and O–H groups in total. The maximum atomic E-state index is 4.86. The number of anilines is 1. The molecule has 3 heteroatoms. The van der Waals surface area contributed by atoms with Crippen LogP contribution in [-0.2, 0) is 0 Å². The fraction of sp³-hybridized carbons (Fsp3) is 0.400.